The molecule has 0 aromatic heterocycles. The molecule has 0 aliphatic carbocycles. The van der Waals surface area contributed by atoms with Gasteiger partial charge in [-0.25, -0.2) is 13.2 Å². The van der Waals surface area contributed by atoms with Crippen molar-refractivity contribution < 1.29 is 44.3 Å². The van der Waals surface area contributed by atoms with E-state index in [1.165, 1.54) is 0 Å². The first-order chi connectivity index (χ1) is 14.8. The summed E-state index contributed by atoms with van der Waals surface area (Å²) in [4.78, 5) is 11.4. The Hall–Kier alpha value is -2.20. The van der Waals surface area contributed by atoms with Crippen molar-refractivity contribution in [1.82, 2.24) is 0 Å². The van der Waals surface area contributed by atoms with Gasteiger partial charge in [0.05, 0.1) is 15.6 Å². The quantitative estimate of drug-likeness (QED) is 0.283. The molecule has 0 aliphatic rings. The summed E-state index contributed by atoms with van der Waals surface area (Å²) in [5.74, 6) is -9.27. The van der Waals surface area contributed by atoms with E-state index in [1.54, 1.807) is 0 Å². The van der Waals surface area contributed by atoms with E-state index in [2.05, 4.69) is 0 Å². The molecule has 12 heteroatoms. The zero-order valence-corrected chi connectivity index (χ0v) is 18.1. The fourth-order valence-electron chi connectivity index (χ4n) is 2.97. The molecular weight excluding hydrogens is 510 g/mol. The van der Waals surface area contributed by atoms with Gasteiger partial charge in [0, 0.05) is 23.6 Å². The predicted octanol–water partition coefficient (Wildman–Crippen LogP) is 8.98. The van der Waals surface area contributed by atoms with Crippen molar-refractivity contribution in [3.63, 3.8) is 0 Å². The Morgan fingerprint density at radius 2 is 1.52 bits per heavy atom. The molecule has 0 amide bonds. The van der Waals surface area contributed by atoms with Crippen LogP contribution < -0.4 is 0 Å². The molecule has 2 aromatic rings. The van der Waals surface area contributed by atoms with E-state index in [4.69, 9.17) is 23.2 Å². The topological polar surface area (TPSA) is 17.1 Å². The van der Waals surface area contributed by atoms with Gasteiger partial charge >= 0.3 is 12.4 Å². The SMILES string of the molecule is CC(=O)c1ccc(/C(F)=C/C(c2cc(Cl)c(Cl)c(C(C)(F)F)c2)C(F)(F)F)cc1C(F)(F)F. The van der Waals surface area contributed by atoms with Crippen molar-refractivity contribution in [2.75, 3.05) is 0 Å². The molecular formula is C21H13Cl2F9O. The molecule has 0 radical (unpaired) electrons. The molecule has 0 aliphatic heterocycles. The largest absolute Gasteiger partial charge is 0.417 e. The summed E-state index contributed by atoms with van der Waals surface area (Å²) in [5, 5.41) is -1.35. The van der Waals surface area contributed by atoms with Gasteiger partial charge in [0.25, 0.3) is 5.92 Å². The first kappa shape index (κ1) is 27.0. The molecule has 0 saturated carbocycles. The van der Waals surface area contributed by atoms with Gasteiger partial charge in [0.1, 0.15) is 11.7 Å². The second kappa shape index (κ2) is 9.21. The molecule has 0 saturated heterocycles. The molecule has 2 rings (SSSR count). The zero-order chi connectivity index (χ0) is 25.5. The average Bonchev–Trinajstić information content (AvgIpc) is 2.64. The van der Waals surface area contributed by atoms with Crippen LogP contribution in [0.5, 0.6) is 0 Å². The molecule has 0 N–H and O–H groups in total. The van der Waals surface area contributed by atoms with Crippen molar-refractivity contribution >= 4 is 34.8 Å². The van der Waals surface area contributed by atoms with E-state index >= 15 is 0 Å². The van der Waals surface area contributed by atoms with Crippen molar-refractivity contribution in [2.24, 2.45) is 0 Å². The third-order valence-electron chi connectivity index (χ3n) is 4.53. The van der Waals surface area contributed by atoms with Crippen LogP contribution in [0.3, 0.4) is 0 Å². The van der Waals surface area contributed by atoms with Crippen molar-refractivity contribution in [3.8, 4) is 0 Å². The Morgan fingerprint density at radius 1 is 0.939 bits per heavy atom. The van der Waals surface area contributed by atoms with Gasteiger partial charge in [0.15, 0.2) is 5.78 Å². The first-order valence-corrected chi connectivity index (χ1v) is 9.63. The number of hydrogen-bond acceptors (Lipinski definition) is 1. The molecule has 0 heterocycles. The number of halogens is 11. The second-order valence-corrected chi connectivity index (χ2v) is 7.89. The number of carbonyl (C=O) groups excluding carboxylic acids is 1. The maximum atomic E-state index is 14.7. The Morgan fingerprint density at radius 3 is 1.97 bits per heavy atom. The lowest BCUT2D eigenvalue weighted by molar-refractivity contribution is -0.140. The van der Waals surface area contributed by atoms with Crippen molar-refractivity contribution in [1.29, 1.82) is 0 Å². The highest BCUT2D eigenvalue weighted by atomic mass is 35.5. The smallest absolute Gasteiger partial charge is 0.294 e. The third kappa shape index (κ3) is 6.23. The molecule has 0 fully saturated rings. The summed E-state index contributed by atoms with van der Waals surface area (Å²) in [6.07, 6.45) is -10.4. The monoisotopic (exact) mass is 522 g/mol. The number of ketones is 1. The number of carbonyl (C=O) groups is 1. The summed E-state index contributed by atoms with van der Waals surface area (Å²) >= 11 is 11.3. The Kier molecular flexibility index (Phi) is 7.55. The Balaban J connectivity index is 2.69. The maximum absolute atomic E-state index is 14.7. The Labute approximate surface area is 191 Å². The molecule has 180 valence electrons. The van der Waals surface area contributed by atoms with E-state index in [0.717, 1.165) is 6.92 Å². The van der Waals surface area contributed by atoms with Gasteiger partial charge in [-0.15, -0.1) is 0 Å². The van der Waals surface area contributed by atoms with Gasteiger partial charge in [0.2, 0.25) is 0 Å². The Bertz CT molecular complexity index is 1100. The van der Waals surface area contributed by atoms with E-state index in [0.29, 0.717) is 31.2 Å². The maximum Gasteiger partial charge on any atom is 0.417 e. The predicted molar refractivity (Wildman–Crippen MR) is 105 cm³/mol. The van der Waals surface area contributed by atoms with Crippen LogP contribution in [-0.2, 0) is 12.1 Å². The normalized spacial score (nSPS) is 14.4. The minimum absolute atomic E-state index is 0.0694. The molecule has 1 nitrogen and oxygen atoms in total. The van der Waals surface area contributed by atoms with Crippen LogP contribution in [0.4, 0.5) is 39.5 Å². The minimum atomic E-state index is -5.24. The first-order valence-electron chi connectivity index (χ1n) is 8.88. The number of alkyl halides is 8. The highest BCUT2D eigenvalue weighted by molar-refractivity contribution is 6.42. The van der Waals surface area contributed by atoms with Crippen LogP contribution >= 0.6 is 23.2 Å². The minimum Gasteiger partial charge on any atom is -0.294 e. The summed E-state index contributed by atoms with van der Waals surface area (Å²) in [6.45, 7) is 1.20. The molecule has 2 aromatic carbocycles. The van der Waals surface area contributed by atoms with Crippen LogP contribution in [0.15, 0.2) is 36.4 Å². The van der Waals surface area contributed by atoms with E-state index in [1.807, 2.05) is 0 Å². The summed E-state index contributed by atoms with van der Waals surface area (Å²) < 4.78 is 123. The van der Waals surface area contributed by atoms with Crippen LogP contribution in [0.2, 0.25) is 10.0 Å². The summed E-state index contributed by atoms with van der Waals surface area (Å²) in [5.41, 5.74) is -5.18. The molecule has 1 atom stereocenters. The number of Topliss-reactive ketones (excluding diaryl/α,β-unsaturated/α-hetero) is 1. The van der Waals surface area contributed by atoms with Crippen LogP contribution in [0, 0.1) is 0 Å². The highest BCUT2D eigenvalue weighted by Gasteiger charge is 2.42. The fourth-order valence-corrected chi connectivity index (χ4v) is 3.47. The van der Waals surface area contributed by atoms with Gasteiger partial charge in [-0.05, 0) is 36.8 Å². The van der Waals surface area contributed by atoms with E-state index in [-0.39, 0.29) is 12.1 Å². The van der Waals surface area contributed by atoms with Crippen LogP contribution in [0.1, 0.15) is 52.4 Å². The third-order valence-corrected chi connectivity index (χ3v) is 5.33. The zero-order valence-electron chi connectivity index (χ0n) is 16.6. The van der Waals surface area contributed by atoms with Crippen LogP contribution in [-0.4, -0.2) is 12.0 Å². The second-order valence-electron chi connectivity index (χ2n) is 7.10. The van der Waals surface area contributed by atoms with Gasteiger partial charge in [-0.1, -0.05) is 35.3 Å². The lowest BCUT2D eigenvalue weighted by atomic mass is 9.93. The lowest BCUT2D eigenvalue weighted by Crippen LogP contribution is -2.20. The standard InChI is InChI=1S/C21H13Cl2F9O/c1-9(33)12-4-3-10(5-14(12)21(30,31)32)17(24)8-13(20(27,28)29)11-6-15(19(2,25)26)18(23)16(22)7-11/h3-8,13H,1-2H3/b17-8-. The highest BCUT2D eigenvalue weighted by Crippen LogP contribution is 2.44. The van der Waals surface area contributed by atoms with Crippen molar-refractivity contribution in [3.05, 3.63) is 74.3 Å². The molecule has 0 bridgehead atoms. The number of hydrogen-bond donors (Lipinski definition) is 0. The number of benzene rings is 2. The van der Waals surface area contributed by atoms with Crippen LogP contribution in [0.25, 0.3) is 5.83 Å². The van der Waals surface area contributed by atoms with Gasteiger partial charge in [-0.2, -0.15) is 26.3 Å². The molecule has 1 unspecified atom stereocenters. The van der Waals surface area contributed by atoms with E-state index in [9.17, 15) is 44.3 Å². The molecule has 0 spiro atoms. The molecule has 33 heavy (non-hydrogen) atoms. The van der Waals surface area contributed by atoms with Crippen molar-refractivity contribution in [2.45, 2.75) is 38.0 Å². The van der Waals surface area contributed by atoms with Gasteiger partial charge in [-0.3, -0.25) is 4.79 Å². The number of rotatable bonds is 5. The van der Waals surface area contributed by atoms with Gasteiger partial charge < -0.3 is 0 Å². The lowest BCUT2D eigenvalue weighted by Gasteiger charge is -2.21. The summed E-state index contributed by atoms with van der Waals surface area (Å²) in [6, 6.07) is 2.53. The average molecular weight is 523 g/mol. The van der Waals surface area contributed by atoms with E-state index < -0.39 is 73.7 Å². The fraction of sp³-hybridized carbons (Fsp3) is 0.286. The summed E-state index contributed by atoms with van der Waals surface area (Å²) in [7, 11) is 0. The number of allylic oxidation sites excluding steroid dienone is 1.